The minimum absolute atomic E-state index is 0.284. The monoisotopic (exact) mass is 1880 g/mol. The van der Waals surface area contributed by atoms with Crippen molar-refractivity contribution >= 4 is 215 Å². The van der Waals surface area contributed by atoms with Gasteiger partial charge in [-0.1, -0.05) is 243 Å². The van der Waals surface area contributed by atoms with Gasteiger partial charge in [0, 0.05) is 124 Å². The topological polar surface area (TPSA) is 159 Å². The molecule has 0 aliphatic carbocycles. The second-order valence-electron chi connectivity index (χ2n) is 36.0. The first-order valence-electron chi connectivity index (χ1n) is 47.2. The summed E-state index contributed by atoms with van der Waals surface area (Å²) in [5.74, 6) is 1.08. The molecule has 0 radical (unpaired) electrons. The Hall–Kier alpha value is -18.8. The number of ether oxygens (including phenoxy) is 1. The number of hydrogen-bond donors (Lipinski definition) is 0. The molecule has 17 heteroatoms. The smallest absolute Gasteiger partial charge is 0.267 e. The van der Waals surface area contributed by atoms with E-state index in [9.17, 15) is 28.8 Å². The lowest BCUT2D eigenvalue weighted by atomic mass is 9.98. The van der Waals surface area contributed by atoms with Gasteiger partial charge >= 0.3 is 0 Å². The molecule has 29 aromatic rings. The molecule has 0 fully saturated rings. The molecule has 0 saturated heterocycles. The van der Waals surface area contributed by atoms with Gasteiger partial charge < -0.3 is 23.0 Å². The Morgan fingerprint density at radius 1 is 0.203 bits per heavy atom. The number of pyridine rings is 1. The van der Waals surface area contributed by atoms with Gasteiger partial charge in [-0.3, -0.25) is 28.8 Å². The van der Waals surface area contributed by atoms with Gasteiger partial charge in [-0.05, 0) is 238 Å². The normalized spacial score (nSPS) is 11.8. The van der Waals surface area contributed by atoms with Gasteiger partial charge in [0.25, 0.3) is 33.4 Å². The highest BCUT2D eigenvalue weighted by Crippen LogP contribution is 2.48. The van der Waals surface area contributed by atoms with Crippen LogP contribution in [-0.4, -0.2) is 44.1 Å². The van der Waals surface area contributed by atoms with Crippen LogP contribution in [0.2, 0.25) is 0 Å². The van der Waals surface area contributed by atoms with Gasteiger partial charge in [0.15, 0.2) is 0 Å². The van der Waals surface area contributed by atoms with E-state index in [-0.39, 0.29) is 28.1 Å². The summed E-state index contributed by atoms with van der Waals surface area (Å²) >= 11 is 3.31. The molecule has 0 aliphatic heterocycles. The van der Waals surface area contributed by atoms with Crippen molar-refractivity contribution in [2.45, 2.75) is 0 Å². The summed E-state index contributed by atoms with van der Waals surface area (Å²) in [5.41, 5.74) is 13.0. The molecule has 0 aliphatic rings. The average molecular weight is 1880 g/mol. The molecule has 15 nitrogen and oxygen atoms in total. The molecule has 0 bridgehead atoms. The van der Waals surface area contributed by atoms with Crippen molar-refractivity contribution in [1.82, 2.24) is 37.0 Å². The lowest BCUT2D eigenvalue weighted by molar-refractivity contribution is 0.420. The van der Waals surface area contributed by atoms with Crippen molar-refractivity contribution in [1.29, 1.82) is 0 Å². The Balaban J connectivity index is 0.000000107. The van der Waals surface area contributed by atoms with Crippen molar-refractivity contribution in [3.05, 3.63) is 505 Å². The fourth-order valence-electron chi connectivity index (χ4n) is 21.9. The second kappa shape index (κ2) is 33.3. The molecule has 674 valence electrons. The summed E-state index contributed by atoms with van der Waals surface area (Å²) in [7, 11) is 1.68. The number of methoxy groups -OCH3 is 1. The zero-order valence-electron chi connectivity index (χ0n) is 76.4. The third-order valence-corrected chi connectivity index (χ3v) is 30.5. The molecule has 0 N–H and O–H groups in total. The average Bonchev–Trinajstić information content (AvgIpc) is 1.55. The first-order chi connectivity index (χ1) is 70.4. The van der Waals surface area contributed by atoms with E-state index in [0.29, 0.717) is 54.5 Å². The summed E-state index contributed by atoms with van der Waals surface area (Å²) < 4.78 is 22.6. The van der Waals surface area contributed by atoms with Crippen LogP contribution in [0.5, 0.6) is 5.75 Å². The molecule has 0 amide bonds. The molecule has 19 aromatic carbocycles. The van der Waals surface area contributed by atoms with E-state index in [0.717, 1.165) is 189 Å². The Bertz CT molecular complexity index is 10800. The lowest BCUT2D eigenvalue weighted by Gasteiger charge is -2.09. The van der Waals surface area contributed by atoms with Crippen LogP contribution >= 0.6 is 22.7 Å². The first kappa shape index (κ1) is 83.6. The molecule has 143 heavy (non-hydrogen) atoms. The fraction of sp³-hybridized carbons (Fsp3) is 0.00794. The van der Waals surface area contributed by atoms with E-state index >= 15 is 0 Å². The van der Waals surface area contributed by atoms with Gasteiger partial charge in [0.05, 0.1) is 83.5 Å². The number of nitrogens with zero attached hydrogens (tertiary/aromatic N) is 8. The number of rotatable bonds is 9. The molecule has 10 aromatic heterocycles. The molecule has 0 atom stereocenters. The zero-order valence-corrected chi connectivity index (χ0v) is 78.0. The fourth-order valence-corrected chi connectivity index (χ4v) is 24.3. The van der Waals surface area contributed by atoms with Crippen LogP contribution < -0.4 is 38.1 Å². The van der Waals surface area contributed by atoms with Crippen LogP contribution in [0.3, 0.4) is 0 Å². The van der Waals surface area contributed by atoms with Crippen molar-refractivity contribution < 1.29 is 4.74 Å². The second-order valence-corrected chi connectivity index (χ2v) is 38.1. The summed E-state index contributed by atoms with van der Waals surface area (Å²) in [4.78, 5) is 92.8. The maximum Gasteiger partial charge on any atom is 0.267 e. The van der Waals surface area contributed by atoms with Gasteiger partial charge in [-0.25, -0.2) is 18.7 Å². The van der Waals surface area contributed by atoms with E-state index in [4.69, 9.17) is 4.74 Å². The largest absolute Gasteiger partial charge is 0.495 e. The van der Waals surface area contributed by atoms with Gasteiger partial charge in [0.1, 0.15) is 11.6 Å². The van der Waals surface area contributed by atoms with E-state index in [1.807, 2.05) is 249 Å². The number of thiophene rings is 2. The van der Waals surface area contributed by atoms with E-state index in [1.54, 1.807) is 54.2 Å². The summed E-state index contributed by atoms with van der Waals surface area (Å²) in [5, 5.41) is 19.8. The molecule has 0 unspecified atom stereocenters. The van der Waals surface area contributed by atoms with Crippen LogP contribution in [-0.2, 0) is 0 Å². The number of para-hydroxylation sites is 10. The SMILES string of the molecule is COc1cccc2c1sc1cc3c(=O)n(-c4ccccc4)c(=O)c4cc5c(cc4c3cc12)c1ccccc1n5-c1ccccc1.O=c1c2cc3c(cc2c2cc4c(cc2c(=O)n1-c1ccccn1)c1ccccc1n4-c1ccccc1)c1ccccc1n3-c1ccccc1.O=c1c2cc3c(cc2c2cc4c5ccccc5n(-c5ccccc5)c4cc2c(=O)n1-c1ccccc1)sc1cccc(-c2ccccc2)c13. The minimum atomic E-state index is -0.415. The first-order valence-corrected chi connectivity index (χ1v) is 48.9. The van der Waals surface area contributed by atoms with Crippen molar-refractivity contribution in [3.63, 3.8) is 0 Å². The van der Waals surface area contributed by atoms with Crippen LogP contribution in [0.4, 0.5) is 0 Å². The molecule has 0 spiro atoms. The number of aromatic nitrogens is 8. The zero-order chi connectivity index (χ0) is 95.5. The molecular formula is C126H76N8O7S2. The summed E-state index contributed by atoms with van der Waals surface area (Å²) in [6.45, 7) is 0. The predicted octanol–water partition coefficient (Wildman–Crippen LogP) is 28.7. The Morgan fingerprint density at radius 3 is 0.895 bits per heavy atom. The van der Waals surface area contributed by atoms with E-state index < -0.39 is 11.1 Å². The van der Waals surface area contributed by atoms with Crippen LogP contribution in [0, 0.1) is 0 Å². The number of benzene rings is 19. The van der Waals surface area contributed by atoms with Gasteiger partial charge in [0.2, 0.25) is 0 Å². The number of hydrogen-bond acceptors (Lipinski definition) is 10. The molecule has 10 heterocycles. The standard InChI is InChI=1S/C44H26N2O2S.C43H26N4O2.C39H24N2O3S/c47-43-35-24-37-41(49-40-22-12-20-30(42(37)40)27-13-4-1-5-14-27)26-33(35)32-23-34-31-19-10-11-21-38(31)45(28-15-6-2-7-16-28)39(34)25-36(32)44(48)46(43)29-17-8-3-9-18-29;48-42-35-24-34-30-18-8-10-20-38(30)45(27-13-3-1-4-14-27)39(34)25-32(35)31-23-33-29-17-7-9-19-37(29)46(28-15-5-2-6-16-28)40(33)26-36(31)43(49)47(42)41-21-11-12-22-44-41;1-44-35-18-10-16-26-30-20-28-27-19-29-25-15-8-9-17-33(25)40(23-11-4-2-5-12-23)34(29)21-31(27)38(42)41(24-13-6-3-7-14-24)39(43)32(28)22-36(30)45-37(26)35/h2*1-26H;2-22H,1H3. The van der Waals surface area contributed by atoms with E-state index in [1.165, 1.54) is 13.7 Å². The quantitative estimate of drug-likeness (QED) is 0.138. The van der Waals surface area contributed by atoms with Crippen molar-refractivity contribution in [2.24, 2.45) is 0 Å². The predicted molar refractivity (Wildman–Crippen MR) is 593 cm³/mol. The molecule has 29 rings (SSSR count). The Kier molecular flexibility index (Phi) is 19.4. The molecular weight excluding hydrogens is 1800 g/mol. The van der Waals surface area contributed by atoms with Gasteiger partial charge in [-0.15, -0.1) is 22.7 Å². The highest BCUT2D eigenvalue weighted by atomic mass is 32.1. The van der Waals surface area contributed by atoms with Crippen molar-refractivity contribution in [2.75, 3.05) is 7.11 Å². The number of fused-ring (bicyclic) bond motifs is 27. The third kappa shape index (κ3) is 13.1. The van der Waals surface area contributed by atoms with Gasteiger partial charge in [-0.2, -0.15) is 0 Å². The van der Waals surface area contributed by atoms with Crippen LogP contribution in [0.25, 0.3) is 243 Å². The lowest BCUT2D eigenvalue weighted by Crippen LogP contribution is -2.29. The highest BCUT2D eigenvalue weighted by molar-refractivity contribution is 7.26. The van der Waals surface area contributed by atoms with Crippen LogP contribution in [0.15, 0.2) is 472 Å². The summed E-state index contributed by atoms with van der Waals surface area (Å²) in [6, 6.07) is 145. The minimum Gasteiger partial charge on any atom is -0.495 e. The Morgan fingerprint density at radius 2 is 0.497 bits per heavy atom. The van der Waals surface area contributed by atoms with Crippen molar-refractivity contribution in [3.8, 4) is 56.8 Å². The summed E-state index contributed by atoms with van der Waals surface area (Å²) in [6.07, 6.45) is 1.61. The highest BCUT2D eigenvalue weighted by Gasteiger charge is 2.27. The maximum atomic E-state index is 14.8. The Labute approximate surface area is 819 Å². The maximum absolute atomic E-state index is 14.8. The van der Waals surface area contributed by atoms with E-state index in [2.05, 4.69) is 193 Å². The molecule has 0 saturated carbocycles. The third-order valence-electron chi connectivity index (χ3n) is 28.2. The van der Waals surface area contributed by atoms with Crippen LogP contribution in [0.1, 0.15) is 0 Å².